The average molecular weight is 519 g/mol. The Kier molecular flexibility index (Phi) is 6.73. The monoisotopic (exact) mass is 518 g/mol. The lowest BCUT2D eigenvalue weighted by atomic mass is 10.1. The van der Waals surface area contributed by atoms with Crippen molar-refractivity contribution in [1.82, 2.24) is 8.61 Å². The van der Waals surface area contributed by atoms with Gasteiger partial charge in [0.25, 0.3) is 0 Å². The van der Waals surface area contributed by atoms with Crippen molar-refractivity contribution >= 4 is 41.8 Å². The molecule has 35 heavy (non-hydrogen) atoms. The molecule has 188 valence electrons. The summed E-state index contributed by atoms with van der Waals surface area (Å²) in [7, 11) is -7.42. The van der Waals surface area contributed by atoms with Crippen LogP contribution in [0, 0.1) is 0 Å². The smallest absolute Gasteiger partial charge is 0.344 e. The van der Waals surface area contributed by atoms with Gasteiger partial charge in [0.2, 0.25) is 20.0 Å². The van der Waals surface area contributed by atoms with Crippen molar-refractivity contribution < 1.29 is 21.3 Å². The highest BCUT2D eigenvalue weighted by Gasteiger charge is 2.28. The lowest BCUT2D eigenvalue weighted by Crippen LogP contribution is -2.32. The van der Waals surface area contributed by atoms with E-state index in [2.05, 4.69) is 0 Å². The van der Waals surface area contributed by atoms with Gasteiger partial charge in [-0.1, -0.05) is 31.7 Å². The SMILES string of the molecule is O=c1oc2cc(S(=O)(=O)N3CCCCCC3)ccc2c2ccc(S(=O)(=O)N3CCCCCC3)cc12. The van der Waals surface area contributed by atoms with E-state index >= 15 is 0 Å². The summed E-state index contributed by atoms with van der Waals surface area (Å²) in [6.07, 6.45) is 7.35. The maximum absolute atomic E-state index is 13.2. The van der Waals surface area contributed by atoms with Gasteiger partial charge in [0, 0.05) is 43.0 Å². The van der Waals surface area contributed by atoms with E-state index in [4.69, 9.17) is 4.42 Å². The van der Waals surface area contributed by atoms with Crippen LogP contribution in [0.1, 0.15) is 51.4 Å². The fourth-order valence-electron chi connectivity index (χ4n) is 5.07. The predicted molar refractivity (Wildman–Crippen MR) is 134 cm³/mol. The van der Waals surface area contributed by atoms with Crippen LogP contribution in [0.25, 0.3) is 21.7 Å². The van der Waals surface area contributed by atoms with Crippen LogP contribution in [0.4, 0.5) is 0 Å². The van der Waals surface area contributed by atoms with Gasteiger partial charge < -0.3 is 4.42 Å². The molecule has 2 aliphatic heterocycles. The first kappa shape index (κ1) is 24.4. The van der Waals surface area contributed by atoms with Crippen LogP contribution >= 0.6 is 0 Å². The molecule has 2 aromatic carbocycles. The van der Waals surface area contributed by atoms with E-state index in [1.54, 1.807) is 12.1 Å². The van der Waals surface area contributed by atoms with Gasteiger partial charge in [0.1, 0.15) is 5.58 Å². The number of benzene rings is 2. The van der Waals surface area contributed by atoms with Gasteiger partial charge in [-0.3, -0.25) is 0 Å². The highest BCUT2D eigenvalue weighted by molar-refractivity contribution is 7.89. The van der Waals surface area contributed by atoms with Gasteiger partial charge >= 0.3 is 5.63 Å². The average Bonchev–Trinajstić information content (AvgIpc) is 3.30. The third-order valence-electron chi connectivity index (χ3n) is 7.06. The van der Waals surface area contributed by atoms with Crippen molar-refractivity contribution in [3.63, 3.8) is 0 Å². The third kappa shape index (κ3) is 4.64. The summed E-state index contributed by atoms with van der Waals surface area (Å²) < 4.78 is 61.3. The summed E-state index contributed by atoms with van der Waals surface area (Å²) in [4.78, 5) is 13.0. The molecule has 0 aliphatic carbocycles. The fraction of sp³-hybridized carbons (Fsp3) is 0.480. The molecule has 0 spiro atoms. The quantitative estimate of drug-likeness (QED) is 0.381. The minimum absolute atomic E-state index is 0.0684. The molecule has 2 fully saturated rings. The second-order valence-electron chi connectivity index (χ2n) is 9.39. The normalized spacial score (nSPS) is 19.5. The summed E-state index contributed by atoms with van der Waals surface area (Å²) >= 11 is 0. The number of nitrogens with zero attached hydrogens (tertiary/aromatic N) is 2. The Labute approximate surface area is 205 Å². The second-order valence-corrected chi connectivity index (χ2v) is 13.3. The molecule has 3 aromatic rings. The summed E-state index contributed by atoms with van der Waals surface area (Å²) in [5.74, 6) is 0. The summed E-state index contributed by atoms with van der Waals surface area (Å²) in [6.45, 7) is 1.91. The minimum Gasteiger partial charge on any atom is -0.422 e. The zero-order valence-corrected chi connectivity index (χ0v) is 21.2. The van der Waals surface area contributed by atoms with Crippen LogP contribution in [0.15, 0.2) is 55.4 Å². The maximum Gasteiger partial charge on any atom is 0.344 e. The van der Waals surface area contributed by atoms with Gasteiger partial charge in [-0.2, -0.15) is 8.61 Å². The van der Waals surface area contributed by atoms with Crippen LogP contribution in [-0.4, -0.2) is 51.6 Å². The molecule has 10 heteroatoms. The Morgan fingerprint density at radius 2 is 1.03 bits per heavy atom. The molecule has 2 aliphatic rings. The Balaban J connectivity index is 1.55. The molecule has 0 atom stereocenters. The predicted octanol–water partition coefficient (Wildman–Crippen LogP) is 4.08. The fourth-order valence-corrected chi connectivity index (χ4v) is 8.15. The van der Waals surface area contributed by atoms with E-state index in [1.807, 2.05) is 0 Å². The number of fused-ring (bicyclic) bond motifs is 3. The van der Waals surface area contributed by atoms with Gasteiger partial charge in [-0.05, 0) is 49.9 Å². The van der Waals surface area contributed by atoms with Gasteiger partial charge in [0.15, 0.2) is 0 Å². The Bertz CT molecular complexity index is 1510. The summed E-state index contributed by atoms with van der Waals surface area (Å²) in [5, 5.41) is 1.26. The molecule has 0 bridgehead atoms. The molecule has 0 amide bonds. The number of sulfonamides is 2. The molecule has 0 N–H and O–H groups in total. The van der Waals surface area contributed by atoms with E-state index in [-0.39, 0.29) is 20.8 Å². The highest BCUT2D eigenvalue weighted by atomic mass is 32.2. The molecule has 1 aromatic heterocycles. The third-order valence-corrected chi connectivity index (χ3v) is 10.9. The molecule has 0 radical (unpaired) electrons. The first-order chi connectivity index (χ1) is 16.8. The van der Waals surface area contributed by atoms with E-state index in [9.17, 15) is 21.6 Å². The first-order valence-electron chi connectivity index (χ1n) is 12.3. The van der Waals surface area contributed by atoms with Crippen molar-refractivity contribution in [2.45, 2.75) is 61.2 Å². The van der Waals surface area contributed by atoms with Crippen molar-refractivity contribution in [1.29, 1.82) is 0 Å². The number of rotatable bonds is 4. The molecule has 8 nitrogen and oxygen atoms in total. The minimum atomic E-state index is -3.72. The Morgan fingerprint density at radius 3 is 1.54 bits per heavy atom. The molecule has 3 heterocycles. The van der Waals surface area contributed by atoms with Crippen molar-refractivity contribution in [2.24, 2.45) is 0 Å². The molecular formula is C25H30N2O6S2. The van der Waals surface area contributed by atoms with Crippen molar-refractivity contribution in [3.8, 4) is 0 Å². The van der Waals surface area contributed by atoms with Gasteiger partial charge in [-0.25, -0.2) is 21.6 Å². The zero-order chi connectivity index (χ0) is 24.6. The highest BCUT2D eigenvalue weighted by Crippen LogP contribution is 2.30. The second kappa shape index (κ2) is 9.65. The lowest BCUT2D eigenvalue weighted by molar-refractivity contribution is 0.423. The van der Waals surface area contributed by atoms with Crippen molar-refractivity contribution in [3.05, 3.63) is 46.8 Å². The molecular weight excluding hydrogens is 488 g/mol. The number of hydrogen-bond donors (Lipinski definition) is 0. The van der Waals surface area contributed by atoms with E-state index in [0.717, 1.165) is 51.4 Å². The first-order valence-corrected chi connectivity index (χ1v) is 15.2. The standard InChI is InChI=1S/C25H30N2O6S2/c28-25-23-17-19(34(29,30)26-13-5-1-2-6-14-26)9-11-21(23)22-12-10-20(18-24(22)33-25)35(31,32)27-15-7-3-4-8-16-27/h9-12,17-18H,1-8,13-16H2. The van der Waals surface area contributed by atoms with Crippen LogP contribution < -0.4 is 5.63 Å². The van der Waals surface area contributed by atoms with Crippen LogP contribution in [-0.2, 0) is 20.0 Å². The molecule has 0 saturated carbocycles. The Hall–Kier alpha value is -2.27. The molecule has 5 rings (SSSR count). The number of hydrogen-bond acceptors (Lipinski definition) is 6. The van der Waals surface area contributed by atoms with Gasteiger partial charge in [0.05, 0.1) is 15.2 Å². The maximum atomic E-state index is 13.2. The summed E-state index contributed by atoms with van der Waals surface area (Å²) in [5.41, 5.74) is -0.522. The van der Waals surface area contributed by atoms with E-state index < -0.39 is 25.7 Å². The molecule has 0 unspecified atom stereocenters. The topological polar surface area (TPSA) is 105 Å². The van der Waals surface area contributed by atoms with Crippen LogP contribution in [0.5, 0.6) is 0 Å². The zero-order valence-electron chi connectivity index (χ0n) is 19.6. The summed E-state index contributed by atoms with van der Waals surface area (Å²) in [6, 6.07) is 9.07. The van der Waals surface area contributed by atoms with Crippen molar-refractivity contribution in [2.75, 3.05) is 26.2 Å². The Morgan fingerprint density at radius 1 is 0.571 bits per heavy atom. The largest absolute Gasteiger partial charge is 0.422 e. The molecule has 2 saturated heterocycles. The van der Waals surface area contributed by atoms with Crippen LogP contribution in [0.3, 0.4) is 0 Å². The lowest BCUT2D eigenvalue weighted by Gasteiger charge is -2.20. The van der Waals surface area contributed by atoms with E-state index in [1.165, 1.54) is 32.9 Å². The van der Waals surface area contributed by atoms with Gasteiger partial charge in [-0.15, -0.1) is 0 Å². The van der Waals surface area contributed by atoms with E-state index in [0.29, 0.717) is 37.0 Å². The van der Waals surface area contributed by atoms with Crippen LogP contribution in [0.2, 0.25) is 0 Å².